The monoisotopic (exact) mass is 251 g/mol. The minimum atomic E-state index is -0.450. The van der Waals surface area contributed by atoms with Gasteiger partial charge < -0.3 is 9.15 Å². The molecule has 0 aromatic carbocycles. The number of furan rings is 1. The molecule has 1 aromatic rings. The summed E-state index contributed by atoms with van der Waals surface area (Å²) in [6, 6.07) is 3.39. The standard InChI is InChI=1S/C12H13NO5/c1-8(14)18-7-9-4-5-10(13(15)16)12(9)11-3-2-6-17-11/h2-3,5-6,9,12H,4,7H2,1H3/t9-,12+/m1/s1. The molecule has 0 aliphatic heterocycles. The van der Waals surface area contributed by atoms with Gasteiger partial charge in [0.1, 0.15) is 11.7 Å². The van der Waals surface area contributed by atoms with E-state index in [4.69, 9.17) is 9.15 Å². The molecule has 0 radical (unpaired) electrons. The first-order valence-electron chi connectivity index (χ1n) is 5.60. The molecule has 0 saturated carbocycles. The fourth-order valence-electron chi connectivity index (χ4n) is 2.20. The van der Waals surface area contributed by atoms with Crippen molar-refractivity contribution in [1.82, 2.24) is 0 Å². The number of rotatable bonds is 4. The lowest BCUT2D eigenvalue weighted by molar-refractivity contribution is -0.430. The van der Waals surface area contributed by atoms with Crippen molar-refractivity contribution in [2.75, 3.05) is 6.61 Å². The SMILES string of the molecule is CC(=O)OC[C@H]1CC=C([N+](=O)[O-])[C@H]1c1ccco1. The summed E-state index contributed by atoms with van der Waals surface area (Å²) < 4.78 is 10.2. The van der Waals surface area contributed by atoms with Gasteiger partial charge in [-0.2, -0.15) is 0 Å². The molecular weight excluding hydrogens is 238 g/mol. The predicted molar refractivity (Wildman–Crippen MR) is 61.3 cm³/mol. The van der Waals surface area contributed by atoms with Gasteiger partial charge >= 0.3 is 5.97 Å². The van der Waals surface area contributed by atoms with Crippen LogP contribution in [0.2, 0.25) is 0 Å². The fraction of sp³-hybridized carbons (Fsp3) is 0.417. The molecule has 0 saturated heterocycles. The number of hydrogen-bond donors (Lipinski definition) is 0. The maximum Gasteiger partial charge on any atom is 0.302 e. The van der Waals surface area contributed by atoms with Crippen LogP contribution >= 0.6 is 0 Å². The van der Waals surface area contributed by atoms with Crippen LogP contribution in [0.5, 0.6) is 0 Å². The number of carbonyl (C=O) groups is 1. The minimum absolute atomic E-state index is 0.113. The number of nitrogens with zero attached hydrogens (tertiary/aromatic N) is 1. The molecule has 0 amide bonds. The first-order valence-corrected chi connectivity index (χ1v) is 5.60. The van der Waals surface area contributed by atoms with Gasteiger partial charge in [-0.1, -0.05) is 0 Å². The largest absolute Gasteiger partial charge is 0.468 e. The predicted octanol–water partition coefficient (Wildman–Crippen LogP) is 2.11. The lowest BCUT2D eigenvalue weighted by Crippen LogP contribution is -2.19. The molecule has 0 spiro atoms. The zero-order valence-corrected chi connectivity index (χ0v) is 9.87. The van der Waals surface area contributed by atoms with Gasteiger partial charge in [0.25, 0.3) is 5.70 Å². The van der Waals surface area contributed by atoms with Crippen LogP contribution in [-0.4, -0.2) is 17.5 Å². The topological polar surface area (TPSA) is 82.6 Å². The second kappa shape index (κ2) is 5.03. The van der Waals surface area contributed by atoms with Crippen molar-refractivity contribution in [2.45, 2.75) is 19.3 Å². The summed E-state index contributed by atoms with van der Waals surface area (Å²) in [4.78, 5) is 21.4. The zero-order valence-electron chi connectivity index (χ0n) is 9.87. The fourth-order valence-corrected chi connectivity index (χ4v) is 2.20. The van der Waals surface area contributed by atoms with Crippen LogP contribution in [0.15, 0.2) is 34.6 Å². The second-order valence-electron chi connectivity index (χ2n) is 4.18. The third-order valence-electron chi connectivity index (χ3n) is 2.98. The van der Waals surface area contributed by atoms with Crippen molar-refractivity contribution >= 4 is 5.97 Å². The van der Waals surface area contributed by atoms with E-state index in [1.165, 1.54) is 13.2 Å². The summed E-state index contributed by atoms with van der Waals surface area (Å²) >= 11 is 0. The maximum atomic E-state index is 11.0. The van der Waals surface area contributed by atoms with Crippen LogP contribution in [0.25, 0.3) is 0 Å². The van der Waals surface area contributed by atoms with Crippen molar-refractivity contribution in [3.05, 3.63) is 46.0 Å². The number of esters is 1. The Morgan fingerprint density at radius 1 is 1.67 bits per heavy atom. The van der Waals surface area contributed by atoms with E-state index in [9.17, 15) is 14.9 Å². The molecule has 0 unspecified atom stereocenters. The third kappa shape index (κ3) is 2.42. The molecule has 6 heteroatoms. The summed E-state index contributed by atoms with van der Waals surface area (Å²) in [5.41, 5.74) is 0.113. The molecule has 2 atom stereocenters. The molecule has 0 bridgehead atoms. The van der Waals surface area contributed by atoms with E-state index in [1.54, 1.807) is 18.2 Å². The molecule has 2 rings (SSSR count). The Morgan fingerprint density at radius 3 is 3.00 bits per heavy atom. The van der Waals surface area contributed by atoms with Gasteiger partial charge in [0.2, 0.25) is 0 Å². The molecule has 1 aliphatic rings. The van der Waals surface area contributed by atoms with Gasteiger partial charge in [0.05, 0.1) is 17.8 Å². The highest BCUT2D eigenvalue weighted by Crippen LogP contribution is 2.40. The quantitative estimate of drug-likeness (QED) is 0.465. The zero-order chi connectivity index (χ0) is 13.1. The summed E-state index contributed by atoms with van der Waals surface area (Å²) in [5.74, 6) is -0.440. The van der Waals surface area contributed by atoms with E-state index in [0.29, 0.717) is 12.2 Å². The highest BCUT2D eigenvalue weighted by Gasteiger charge is 2.40. The van der Waals surface area contributed by atoms with Crippen LogP contribution in [-0.2, 0) is 9.53 Å². The first kappa shape index (κ1) is 12.3. The van der Waals surface area contributed by atoms with Crippen molar-refractivity contribution < 1.29 is 18.9 Å². The van der Waals surface area contributed by atoms with Gasteiger partial charge in [-0.15, -0.1) is 0 Å². The molecule has 6 nitrogen and oxygen atoms in total. The van der Waals surface area contributed by atoms with Crippen LogP contribution < -0.4 is 0 Å². The van der Waals surface area contributed by atoms with Crippen LogP contribution in [0.3, 0.4) is 0 Å². The number of hydrogen-bond acceptors (Lipinski definition) is 5. The van der Waals surface area contributed by atoms with E-state index >= 15 is 0 Å². The lowest BCUT2D eigenvalue weighted by atomic mass is 9.92. The normalized spacial score (nSPS) is 22.6. The molecule has 18 heavy (non-hydrogen) atoms. The first-order chi connectivity index (χ1) is 8.59. The van der Waals surface area contributed by atoms with Crippen molar-refractivity contribution in [3.63, 3.8) is 0 Å². The van der Waals surface area contributed by atoms with Gasteiger partial charge in [-0.05, 0) is 24.6 Å². The average Bonchev–Trinajstić information content (AvgIpc) is 2.94. The molecule has 0 N–H and O–H groups in total. The van der Waals surface area contributed by atoms with E-state index < -0.39 is 10.8 Å². The Kier molecular flexibility index (Phi) is 3.45. The Labute approximate surface area is 103 Å². The molecule has 1 aromatic heterocycles. The summed E-state index contributed by atoms with van der Waals surface area (Å²) in [7, 11) is 0. The summed E-state index contributed by atoms with van der Waals surface area (Å²) in [6.45, 7) is 1.48. The van der Waals surface area contributed by atoms with E-state index in [1.807, 2.05) is 0 Å². The van der Waals surface area contributed by atoms with Gasteiger partial charge in [-0.3, -0.25) is 14.9 Å². The summed E-state index contributed by atoms with van der Waals surface area (Å²) in [5, 5.41) is 11.0. The lowest BCUT2D eigenvalue weighted by Gasteiger charge is -2.16. The molecule has 96 valence electrons. The van der Waals surface area contributed by atoms with E-state index in [0.717, 1.165) is 0 Å². The number of carbonyl (C=O) groups excluding carboxylic acids is 1. The Balaban J connectivity index is 2.18. The van der Waals surface area contributed by atoms with Crippen LogP contribution in [0.4, 0.5) is 0 Å². The van der Waals surface area contributed by atoms with Crippen molar-refractivity contribution in [1.29, 1.82) is 0 Å². The van der Waals surface area contributed by atoms with Gasteiger partial charge in [-0.25, -0.2) is 0 Å². The highest BCUT2D eigenvalue weighted by molar-refractivity contribution is 5.65. The number of allylic oxidation sites excluding steroid dienone is 2. The van der Waals surface area contributed by atoms with Crippen molar-refractivity contribution in [3.8, 4) is 0 Å². The molecule has 1 heterocycles. The molecule has 0 fully saturated rings. The van der Waals surface area contributed by atoms with Gasteiger partial charge in [0.15, 0.2) is 0 Å². The number of ether oxygens (including phenoxy) is 1. The molecule has 1 aliphatic carbocycles. The highest BCUT2D eigenvalue weighted by atomic mass is 16.6. The minimum Gasteiger partial charge on any atom is -0.468 e. The smallest absolute Gasteiger partial charge is 0.302 e. The van der Waals surface area contributed by atoms with Crippen LogP contribution in [0, 0.1) is 16.0 Å². The maximum absolute atomic E-state index is 11.0. The summed E-state index contributed by atoms with van der Waals surface area (Å²) in [6.07, 6.45) is 3.56. The van der Waals surface area contributed by atoms with Crippen molar-refractivity contribution in [2.24, 2.45) is 5.92 Å². The Morgan fingerprint density at radius 2 is 2.44 bits per heavy atom. The van der Waals surface area contributed by atoms with Crippen LogP contribution in [0.1, 0.15) is 25.0 Å². The molecular formula is C12H13NO5. The van der Waals surface area contributed by atoms with Gasteiger partial charge in [0, 0.05) is 12.8 Å². The Hall–Kier alpha value is -2.11. The Bertz CT molecular complexity index is 477. The van der Waals surface area contributed by atoms with E-state index in [-0.39, 0.29) is 24.2 Å². The second-order valence-corrected chi connectivity index (χ2v) is 4.18. The average molecular weight is 251 g/mol. The van der Waals surface area contributed by atoms with E-state index in [2.05, 4.69) is 0 Å². The number of nitro groups is 1. The third-order valence-corrected chi connectivity index (χ3v) is 2.98.